The molecule has 19 heavy (non-hydrogen) atoms. The molecule has 0 aliphatic rings. The van der Waals surface area contributed by atoms with Crippen LogP contribution in [0.1, 0.15) is 53.3 Å². The van der Waals surface area contributed by atoms with E-state index in [4.69, 9.17) is 5.73 Å². The van der Waals surface area contributed by atoms with E-state index in [-0.39, 0.29) is 17.8 Å². The van der Waals surface area contributed by atoms with Gasteiger partial charge >= 0.3 is 0 Å². The van der Waals surface area contributed by atoms with Crippen molar-refractivity contribution in [1.82, 2.24) is 15.0 Å². The minimum atomic E-state index is -1.63. The van der Waals surface area contributed by atoms with Crippen LogP contribution in [-0.2, 0) is 5.67 Å². The second-order valence-electron chi connectivity index (χ2n) is 5.69. The number of halogens is 1. The lowest BCUT2D eigenvalue weighted by Crippen LogP contribution is -2.24. The van der Waals surface area contributed by atoms with Gasteiger partial charge in [0.2, 0.25) is 11.9 Å². The van der Waals surface area contributed by atoms with Crippen LogP contribution in [0.15, 0.2) is 0 Å². The first kappa shape index (κ1) is 15.6. The number of hydrogen-bond donors (Lipinski definition) is 2. The molecule has 0 bridgehead atoms. The summed E-state index contributed by atoms with van der Waals surface area (Å²) in [5.41, 5.74) is 3.97. The Morgan fingerprint density at radius 1 is 1.26 bits per heavy atom. The largest absolute Gasteiger partial charge is 0.368 e. The third-order valence-corrected chi connectivity index (χ3v) is 2.77. The van der Waals surface area contributed by atoms with Crippen molar-refractivity contribution in [2.75, 3.05) is 11.1 Å². The average Bonchev–Trinajstić information content (AvgIpc) is 2.25. The smallest absolute Gasteiger partial charge is 0.228 e. The molecule has 0 amide bonds. The Bertz CT molecular complexity index is 414. The SMILES string of the molecule is CCC(CC(C)C)Nc1nc(N)nc(C(C)(C)F)n1. The van der Waals surface area contributed by atoms with Gasteiger partial charge in [-0.25, -0.2) is 4.39 Å². The second kappa shape index (κ2) is 6.12. The molecule has 3 N–H and O–H groups in total. The van der Waals surface area contributed by atoms with Crippen molar-refractivity contribution < 1.29 is 4.39 Å². The lowest BCUT2D eigenvalue weighted by Gasteiger charge is -2.20. The normalized spacial score (nSPS) is 13.6. The second-order valence-corrected chi connectivity index (χ2v) is 5.69. The first-order valence-electron chi connectivity index (χ1n) is 6.69. The first-order valence-corrected chi connectivity index (χ1v) is 6.69. The summed E-state index contributed by atoms with van der Waals surface area (Å²) >= 11 is 0. The number of alkyl halides is 1. The van der Waals surface area contributed by atoms with E-state index in [0.717, 1.165) is 12.8 Å². The van der Waals surface area contributed by atoms with Crippen molar-refractivity contribution >= 4 is 11.9 Å². The van der Waals surface area contributed by atoms with Gasteiger partial charge in [0.15, 0.2) is 11.5 Å². The van der Waals surface area contributed by atoms with Crippen LogP contribution < -0.4 is 11.1 Å². The molecule has 0 aromatic carbocycles. The summed E-state index contributed by atoms with van der Waals surface area (Å²) in [6.45, 7) is 9.20. The maximum atomic E-state index is 13.9. The van der Waals surface area contributed by atoms with Crippen molar-refractivity contribution in [2.45, 2.75) is 59.2 Å². The highest BCUT2D eigenvalue weighted by Gasteiger charge is 2.24. The van der Waals surface area contributed by atoms with Crippen LogP contribution in [0.2, 0.25) is 0 Å². The minimum Gasteiger partial charge on any atom is -0.368 e. The quantitative estimate of drug-likeness (QED) is 0.830. The molecule has 0 aliphatic heterocycles. The van der Waals surface area contributed by atoms with Crippen LogP contribution in [0.5, 0.6) is 0 Å². The van der Waals surface area contributed by atoms with Gasteiger partial charge in [-0.15, -0.1) is 0 Å². The van der Waals surface area contributed by atoms with Crippen LogP contribution in [0.3, 0.4) is 0 Å². The fourth-order valence-electron chi connectivity index (χ4n) is 1.80. The van der Waals surface area contributed by atoms with Crippen LogP contribution >= 0.6 is 0 Å². The van der Waals surface area contributed by atoms with Gasteiger partial charge in [0, 0.05) is 6.04 Å². The number of nitrogens with two attached hydrogens (primary N) is 1. The summed E-state index contributed by atoms with van der Waals surface area (Å²) in [4.78, 5) is 12.0. The molecule has 5 nitrogen and oxygen atoms in total. The predicted molar refractivity (Wildman–Crippen MR) is 75.5 cm³/mol. The molecule has 1 atom stereocenters. The molecular formula is C13H24FN5. The van der Waals surface area contributed by atoms with Crippen molar-refractivity contribution in [1.29, 1.82) is 0 Å². The maximum absolute atomic E-state index is 13.9. The molecule has 6 heteroatoms. The molecule has 0 radical (unpaired) electrons. The molecule has 1 aromatic heterocycles. The summed E-state index contributed by atoms with van der Waals surface area (Å²) in [7, 11) is 0. The molecular weight excluding hydrogens is 245 g/mol. The van der Waals surface area contributed by atoms with E-state index >= 15 is 0 Å². The summed E-state index contributed by atoms with van der Waals surface area (Å²) in [5.74, 6) is 1.01. The molecule has 1 heterocycles. The van der Waals surface area contributed by atoms with E-state index in [1.807, 2.05) is 0 Å². The maximum Gasteiger partial charge on any atom is 0.228 e. The van der Waals surface area contributed by atoms with E-state index in [1.165, 1.54) is 13.8 Å². The number of rotatable bonds is 6. The Hall–Kier alpha value is -1.46. The molecule has 0 saturated carbocycles. The third-order valence-electron chi connectivity index (χ3n) is 2.77. The van der Waals surface area contributed by atoms with Crippen molar-refractivity contribution in [3.05, 3.63) is 5.82 Å². The van der Waals surface area contributed by atoms with E-state index < -0.39 is 5.67 Å². The molecule has 1 rings (SSSR count). The van der Waals surface area contributed by atoms with Gasteiger partial charge in [0.1, 0.15) is 0 Å². The van der Waals surface area contributed by atoms with Crippen molar-refractivity contribution in [3.8, 4) is 0 Å². The minimum absolute atomic E-state index is 0.0395. The summed E-state index contributed by atoms with van der Waals surface area (Å²) in [6, 6.07) is 0.248. The van der Waals surface area contributed by atoms with Crippen molar-refractivity contribution in [3.63, 3.8) is 0 Å². The number of anilines is 2. The van der Waals surface area contributed by atoms with Crippen molar-refractivity contribution in [2.24, 2.45) is 5.92 Å². The number of aromatic nitrogens is 3. The van der Waals surface area contributed by atoms with Gasteiger partial charge < -0.3 is 11.1 Å². The molecule has 1 aromatic rings. The van der Waals surface area contributed by atoms with Gasteiger partial charge in [-0.05, 0) is 32.6 Å². The van der Waals surface area contributed by atoms with E-state index in [9.17, 15) is 4.39 Å². The van der Waals surface area contributed by atoms with Crippen LogP contribution in [0.4, 0.5) is 16.3 Å². The van der Waals surface area contributed by atoms with Gasteiger partial charge in [-0.2, -0.15) is 15.0 Å². The number of hydrogen-bond acceptors (Lipinski definition) is 5. The highest BCUT2D eigenvalue weighted by atomic mass is 19.1. The van der Waals surface area contributed by atoms with E-state index in [0.29, 0.717) is 11.9 Å². The summed E-state index contributed by atoms with van der Waals surface area (Å²) in [5, 5.41) is 3.20. The average molecular weight is 269 g/mol. The number of nitrogens with zero attached hydrogens (tertiary/aromatic N) is 3. The predicted octanol–water partition coefficient (Wildman–Crippen LogP) is 2.90. The molecule has 108 valence electrons. The monoisotopic (exact) mass is 269 g/mol. The number of nitrogen functional groups attached to an aromatic ring is 1. The highest BCUT2D eigenvalue weighted by Crippen LogP contribution is 2.22. The molecule has 0 spiro atoms. The zero-order valence-corrected chi connectivity index (χ0v) is 12.4. The Kier molecular flexibility index (Phi) is 5.03. The molecule has 1 unspecified atom stereocenters. The first-order chi connectivity index (χ1) is 8.72. The zero-order chi connectivity index (χ0) is 14.6. The van der Waals surface area contributed by atoms with Crippen LogP contribution in [0, 0.1) is 5.92 Å². The Morgan fingerprint density at radius 3 is 2.37 bits per heavy atom. The highest BCUT2D eigenvalue weighted by molar-refractivity contribution is 5.33. The van der Waals surface area contributed by atoms with Crippen LogP contribution in [-0.4, -0.2) is 21.0 Å². The lowest BCUT2D eigenvalue weighted by molar-refractivity contribution is 0.206. The molecule has 0 saturated heterocycles. The Morgan fingerprint density at radius 2 is 1.89 bits per heavy atom. The standard InChI is InChI=1S/C13H24FN5/c1-6-9(7-8(2)3)16-12-18-10(13(4,5)14)17-11(15)19-12/h8-9H,6-7H2,1-5H3,(H3,15,16,17,18,19). The summed E-state index contributed by atoms with van der Waals surface area (Å²) in [6.07, 6.45) is 1.94. The lowest BCUT2D eigenvalue weighted by atomic mass is 10.0. The Labute approximate surface area is 114 Å². The fourth-order valence-corrected chi connectivity index (χ4v) is 1.80. The van der Waals surface area contributed by atoms with Gasteiger partial charge in [-0.3, -0.25) is 0 Å². The van der Waals surface area contributed by atoms with Gasteiger partial charge in [0.05, 0.1) is 0 Å². The number of nitrogens with one attached hydrogen (secondary N) is 1. The Balaban J connectivity index is 2.91. The fraction of sp³-hybridized carbons (Fsp3) is 0.769. The van der Waals surface area contributed by atoms with E-state index in [1.54, 1.807) is 0 Å². The van der Waals surface area contributed by atoms with Gasteiger partial charge in [-0.1, -0.05) is 20.8 Å². The topological polar surface area (TPSA) is 76.7 Å². The zero-order valence-electron chi connectivity index (χ0n) is 12.4. The molecule has 0 fully saturated rings. The van der Waals surface area contributed by atoms with Crippen LogP contribution in [0.25, 0.3) is 0 Å². The van der Waals surface area contributed by atoms with Gasteiger partial charge in [0.25, 0.3) is 0 Å². The van der Waals surface area contributed by atoms with E-state index in [2.05, 4.69) is 41.0 Å². The summed E-state index contributed by atoms with van der Waals surface area (Å²) < 4.78 is 13.9. The third kappa shape index (κ3) is 4.96. The molecule has 0 aliphatic carbocycles.